The SMILES string of the molecule is COc1ccc(C2SCC(=O)Nc3c2c(C)nn3-c2ccccn2)cc1OC. The van der Waals surface area contributed by atoms with Gasteiger partial charge in [0.2, 0.25) is 5.91 Å². The molecule has 28 heavy (non-hydrogen) atoms. The van der Waals surface area contributed by atoms with Crippen molar-refractivity contribution >= 4 is 23.5 Å². The molecule has 3 aromatic rings. The number of pyridine rings is 1. The summed E-state index contributed by atoms with van der Waals surface area (Å²) in [7, 11) is 3.22. The molecule has 1 atom stereocenters. The number of carbonyl (C=O) groups excluding carboxylic acids is 1. The van der Waals surface area contributed by atoms with Crippen molar-refractivity contribution in [2.45, 2.75) is 12.2 Å². The topological polar surface area (TPSA) is 78.3 Å². The average molecular weight is 396 g/mol. The van der Waals surface area contributed by atoms with Crippen molar-refractivity contribution in [2.75, 3.05) is 25.3 Å². The summed E-state index contributed by atoms with van der Waals surface area (Å²) in [5.74, 6) is 2.91. The van der Waals surface area contributed by atoms with Crippen molar-refractivity contribution in [3.63, 3.8) is 0 Å². The van der Waals surface area contributed by atoms with E-state index in [2.05, 4.69) is 15.4 Å². The summed E-state index contributed by atoms with van der Waals surface area (Å²) < 4.78 is 12.5. The molecule has 0 saturated heterocycles. The number of benzene rings is 1. The molecule has 4 rings (SSSR count). The molecule has 0 radical (unpaired) electrons. The summed E-state index contributed by atoms with van der Waals surface area (Å²) in [5, 5.41) is 7.59. The number of rotatable bonds is 4. The molecule has 0 aliphatic carbocycles. The van der Waals surface area contributed by atoms with Gasteiger partial charge in [-0.1, -0.05) is 12.1 Å². The third kappa shape index (κ3) is 3.20. The number of ether oxygens (including phenoxy) is 2. The van der Waals surface area contributed by atoms with Gasteiger partial charge in [0.15, 0.2) is 17.3 Å². The first-order valence-electron chi connectivity index (χ1n) is 8.76. The van der Waals surface area contributed by atoms with Crippen LogP contribution in [0.2, 0.25) is 0 Å². The predicted molar refractivity (Wildman–Crippen MR) is 109 cm³/mol. The molecule has 1 unspecified atom stereocenters. The van der Waals surface area contributed by atoms with Crippen molar-refractivity contribution in [3.8, 4) is 17.3 Å². The van der Waals surface area contributed by atoms with Crippen LogP contribution in [-0.4, -0.2) is 40.6 Å². The fraction of sp³-hybridized carbons (Fsp3) is 0.250. The fourth-order valence-electron chi connectivity index (χ4n) is 3.31. The molecule has 1 aliphatic heterocycles. The highest BCUT2D eigenvalue weighted by Gasteiger charge is 2.31. The van der Waals surface area contributed by atoms with Crippen molar-refractivity contribution in [1.29, 1.82) is 0 Å². The Kier molecular flexibility index (Phi) is 4.95. The van der Waals surface area contributed by atoms with Crippen LogP contribution in [0.25, 0.3) is 5.82 Å². The van der Waals surface area contributed by atoms with Gasteiger partial charge in [-0.15, -0.1) is 11.8 Å². The van der Waals surface area contributed by atoms with E-state index in [0.29, 0.717) is 28.9 Å². The highest BCUT2D eigenvalue weighted by molar-refractivity contribution is 8.00. The first kappa shape index (κ1) is 18.4. The van der Waals surface area contributed by atoms with E-state index in [0.717, 1.165) is 16.8 Å². The number of amides is 1. The minimum Gasteiger partial charge on any atom is -0.493 e. The van der Waals surface area contributed by atoms with Gasteiger partial charge >= 0.3 is 0 Å². The van der Waals surface area contributed by atoms with Gasteiger partial charge in [0, 0.05) is 11.8 Å². The number of methoxy groups -OCH3 is 2. The highest BCUT2D eigenvalue weighted by Crippen LogP contribution is 2.45. The average Bonchev–Trinajstić information content (AvgIpc) is 2.93. The van der Waals surface area contributed by atoms with Crippen LogP contribution in [-0.2, 0) is 4.79 Å². The molecule has 7 nitrogen and oxygen atoms in total. The Bertz CT molecular complexity index is 1020. The second-order valence-electron chi connectivity index (χ2n) is 6.30. The minimum atomic E-state index is -0.0776. The van der Waals surface area contributed by atoms with Gasteiger partial charge in [0.05, 0.1) is 30.9 Å². The first-order chi connectivity index (χ1) is 13.6. The zero-order chi connectivity index (χ0) is 19.7. The van der Waals surface area contributed by atoms with E-state index in [1.54, 1.807) is 36.9 Å². The lowest BCUT2D eigenvalue weighted by Crippen LogP contribution is -2.16. The number of carbonyl (C=O) groups is 1. The maximum atomic E-state index is 12.4. The lowest BCUT2D eigenvalue weighted by Gasteiger charge is -2.17. The van der Waals surface area contributed by atoms with Gasteiger partial charge in [-0.05, 0) is 36.8 Å². The quantitative estimate of drug-likeness (QED) is 0.729. The van der Waals surface area contributed by atoms with E-state index in [-0.39, 0.29) is 11.2 Å². The predicted octanol–water partition coefficient (Wildman–Crippen LogP) is 3.37. The Morgan fingerprint density at radius 2 is 2.00 bits per heavy atom. The largest absolute Gasteiger partial charge is 0.493 e. The first-order valence-corrected chi connectivity index (χ1v) is 9.81. The van der Waals surface area contributed by atoms with Crippen LogP contribution in [0.3, 0.4) is 0 Å². The van der Waals surface area contributed by atoms with Gasteiger partial charge in [0.25, 0.3) is 0 Å². The third-order valence-electron chi connectivity index (χ3n) is 4.58. The van der Waals surface area contributed by atoms with E-state index < -0.39 is 0 Å². The van der Waals surface area contributed by atoms with Gasteiger partial charge < -0.3 is 14.8 Å². The zero-order valence-corrected chi connectivity index (χ0v) is 16.6. The Hall–Kier alpha value is -3.00. The summed E-state index contributed by atoms with van der Waals surface area (Å²) in [4.78, 5) is 16.8. The Labute approximate surface area is 167 Å². The summed E-state index contributed by atoms with van der Waals surface area (Å²) in [6.07, 6.45) is 1.71. The van der Waals surface area contributed by atoms with E-state index in [9.17, 15) is 4.79 Å². The summed E-state index contributed by atoms with van der Waals surface area (Å²) in [6.45, 7) is 1.95. The molecule has 1 amide bonds. The number of hydrogen-bond donors (Lipinski definition) is 1. The van der Waals surface area contributed by atoms with Crippen LogP contribution in [0.5, 0.6) is 11.5 Å². The molecule has 2 aromatic heterocycles. The fourth-order valence-corrected chi connectivity index (χ4v) is 4.49. The Balaban J connectivity index is 1.87. The molecule has 0 saturated carbocycles. The summed E-state index contributed by atoms with van der Waals surface area (Å²) in [5.41, 5.74) is 2.83. The van der Waals surface area contributed by atoms with Crippen LogP contribution in [0.4, 0.5) is 5.82 Å². The lowest BCUT2D eigenvalue weighted by molar-refractivity contribution is -0.113. The molecule has 0 fully saturated rings. The molecule has 144 valence electrons. The molecule has 1 N–H and O–H groups in total. The van der Waals surface area contributed by atoms with Crippen LogP contribution in [0, 0.1) is 6.92 Å². The smallest absolute Gasteiger partial charge is 0.235 e. The molecule has 8 heteroatoms. The number of fused-ring (bicyclic) bond motifs is 1. The van der Waals surface area contributed by atoms with Crippen molar-refractivity contribution in [1.82, 2.24) is 14.8 Å². The summed E-state index contributed by atoms with van der Waals surface area (Å²) in [6, 6.07) is 11.4. The number of aryl methyl sites for hydroxylation is 1. The maximum absolute atomic E-state index is 12.4. The molecular formula is C20H20N4O3S. The van der Waals surface area contributed by atoms with E-state index in [4.69, 9.17) is 9.47 Å². The zero-order valence-electron chi connectivity index (χ0n) is 15.8. The second-order valence-corrected chi connectivity index (χ2v) is 7.39. The molecule has 1 aliphatic rings. The Morgan fingerprint density at radius 1 is 1.18 bits per heavy atom. The van der Waals surface area contributed by atoms with Crippen LogP contribution >= 0.6 is 11.8 Å². The van der Waals surface area contributed by atoms with Crippen LogP contribution < -0.4 is 14.8 Å². The third-order valence-corrected chi connectivity index (χ3v) is 5.85. The summed E-state index contributed by atoms with van der Waals surface area (Å²) >= 11 is 1.56. The van der Waals surface area contributed by atoms with Gasteiger partial charge in [-0.3, -0.25) is 4.79 Å². The number of aromatic nitrogens is 3. The number of hydrogen-bond acceptors (Lipinski definition) is 6. The standard InChI is InChI=1S/C20H20N4O3S/c1-12-18-19(13-7-8-14(26-2)15(10-13)27-3)28-11-17(25)22-20(18)24(23-12)16-6-4-5-9-21-16/h4-10,19H,11H2,1-3H3,(H,22,25). The Morgan fingerprint density at radius 3 is 2.71 bits per heavy atom. The van der Waals surface area contributed by atoms with E-state index in [1.807, 2.05) is 43.3 Å². The molecule has 0 spiro atoms. The molecule has 1 aromatic carbocycles. The van der Waals surface area contributed by atoms with Gasteiger partial charge in [-0.2, -0.15) is 9.78 Å². The van der Waals surface area contributed by atoms with Gasteiger partial charge in [0.1, 0.15) is 5.82 Å². The molecular weight excluding hydrogens is 376 g/mol. The number of nitrogens with one attached hydrogen (secondary N) is 1. The number of thioether (sulfide) groups is 1. The lowest BCUT2D eigenvalue weighted by atomic mass is 10.0. The maximum Gasteiger partial charge on any atom is 0.235 e. The molecule has 3 heterocycles. The van der Waals surface area contributed by atoms with Crippen molar-refractivity contribution in [3.05, 3.63) is 59.4 Å². The second kappa shape index (κ2) is 7.55. The monoisotopic (exact) mass is 396 g/mol. The van der Waals surface area contributed by atoms with Crippen molar-refractivity contribution < 1.29 is 14.3 Å². The van der Waals surface area contributed by atoms with Crippen molar-refractivity contribution in [2.24, 2.45) is 0 Å². The normalized spacial score (nSPS) is 16.1. The van der Waals surface area contributed by atoms with E-state index >= 15 is 0 Å². The van der Waals surface area contributed by atoms with Crippen LogP contribution in [0.1, 0.15) is 22.1 Å². The molecule has 0 bridgehead atoms. The highest BCUT2D eigenvalue weighted by atomic mass is 32.2. The number of nitrogens with zero attached hydrogens (tertiary/aromatic N) is 3. The minimum absolute atomic E-state index is 0.0636. The van der Waals surface area contributed by atoms with Gasteiger partial charge in [-0.25, -0.2) is 4.98 Å². The number of anilines is 1. The van der Waals surface area contributed by atoms with E-state index in [1.165, 1.54) is 0 Å². The van der Waals surface area contributed by atoms with Crippen LogP contribution in [0.15, 0.2) is 42.6 Å².